The second-order valence-corrected chi connectivity index (χ2v) is 14.8. The fourth-order valence-electron chi connectivity index (χ4n) is 6.06. The van der Waals surface area contributed by atoms with Gasteiger partial charge in [-0.05, 0) is 62.3 Å². The zero-order valence-electron chi connectivity index (χ0n) is 31.5. The maximum absolute atomic E-state index is 13.4. The Balaban J connectivity index is 2.61. The smallest absolute Gasteiger partial charge is 0.221 e. The standard InChI is InChI=1S/C40H65N3O7S/c1-4-5-6-7-8-9-10-11-12-13-14-15-16-17-39(49)42-34(26-27-51-3)36(46)23-25-40(50)43-35(28-31-18-21-33(45)22-19-31)37(47)29-32(30(2)44)20-24-38(41)48/h18-19,21-22,32,34-35,45H,4-17,20,23-29H2,1-3H3,(H2,41,48)(H,42,49)(H,43,50)/t32-,34+,35+/m1/s1. The summed E-state index contributed by atoms with van der Waals surface area (Å²) in [6.45, 7) is 3.59. The van der Waals surface area contributed by atoms with Crippen molar-refractivity contribution in [1.82, 2.24) is 10.6 Å². The molecule has 288 valence electrons. The summed E-state index contributed by atoms with van der Waals surface area (Å²) in [7, 11) is 0. The monoisotopic (exact) mass is 731 g/mol. The predicted molar refractivity (Wildman–Crippen MR) is 205 cm³/mol. The van der Waals surface area contributed by atoms with Gasteiger partial charge < -0.3 is 21.5 Å². The Labute approximate surface area is 310 Å². The summed E-state index contributed by atoms with van der Waals surface area (Å²) < 4.78 is 0. The van der Waals surface area contributed by atoms with Gasteiger partial charge in [-0.1, -0.05) is 96.1 Å². The lowest BCUT2D eigenvalue weighted by atomic mass is 9.89. The number of hydrogen-bond acceptors (Lipinski definition) is 8. The molecule has 0 radical (unpaired) electrons. The molecule has 0 aliphatic heterocycles. The maximum atomic E-state index is 13.4. The third kappa shape index (κ3) is 23.1. The number of benzene rings is 1. The number of amides is 3. The van der Waals surface area contributed by atoms with Crippen LogP contribution in [0.25, 0.3) is 0 Å². The van der Waals surface area contributed by atoms with Crippen LogP contribution in [0.1, 0.15) is 148 Å². The van der Waals surface area contributed by atoms with Crippen LogP contribution >= 0.6 is 11.8 Å². The topological polar surface area (TPSA) is 173 Å². The molecule has 0 fully saturated rings. The Morgan fingerprint density at radius 3 is 1.75 bits per heavy atom. The van der Waals surface area contributed by atoms with E-state index in [0.29, 0.717) is 24.2 Å². The number of nitrogens with one attached hydrogen (secondary N) is 2. The molecule has 0 heterocycles. The molecule has 0 saturated heterocycles. The molecule has 51 heavy (non-hydrogen) atoms. The minimum Gasteiger partial charge on any atom is -0.508 e. The zero-order valence-corrected chi connectivity index (χ0v) is 32.3. The highest BCUT2D eigenvalue weighted by Gasteiger charge is 2.27. The summed E-state index contributed by atoms with van der Waals surface area (Å²) >= 11 is 1.58. The van der Waals surface area contributed by atoms with E-state index in [1.165, 1.54) is 83.3 Å². The van der Waals surface area contributed by atoms with E-state index in [4.69, 9.17) is 5.73 Å². The van der Waals surface area contributed by atoms with Gasteiger partial charge >= 0.3 is 0 Å². The predicted octanol–water partition coefficient (Wildman–Crippen LogP) is 6.92. The molecule has 1 rings (SSSR count). The number of ketones is 3. The number of Topliss-reactive ketones (excluding diaryl/α,β-unsaturated/α-hetero) is 3. The summed E-state index contributed by atoms with van der Waals surface area (Å²) in [6.07, 6.45) is 18.4. The number of primary amides is 1. The largest absolute Gasteiger partial charge is 0.508 e. The Kier molecular flexibility index (Phi) is 25.5. The van der Waals surface area contributed by atoms with E-state index in [-0.39, 0.29) is 67.5 Å². The lowest BCUT2D eigenvalue weighted by molar-refractivity contribution is -0.131. The van der Waals surface area contributed by atoms with Gasteiger partial charge in [0, 0.05) is 38.0 Å². The summed E-state index contributed by atoms with van der Waals surface area (Å²) in [5.74, 6) is -2.08. The summed E-state index contributed by atoms with van der Waals surface area (Å²) in [5.41, 5.74) is 5.93. The fraction of sp³-hybridized carbons (Fsp3) is 0.700. The minimum atomic E-state index is -0.986. The fourth-order valence-corrected chi connectivity index (χ4v) is 6.53. The lowest BCUT2D eigenvalue weighted by Crippen LogP contribution is -2.44. The van der Waals surface area contributed by atoms with Crippen molar-refractivity contribution in [3.8, 4) is 5.75 Å². The summed E-state index contributed by atoms with van der Waals surface area (Å²) in [4.78, 5) is 75.9. The molecular formula is C40H65N3O7S. The van der Waals surface area contributed by atoms with Crippen LogP contribution in [0.4, 0.5) is 0 Å². The highest BCUT2D eigenvalue weighted by Crippen LogP contribution is 2.18. The molecule has 1 aromatic carbocycles. The molecule has 11 heteroatoms. The van der Waals surface area contributed by atoms with E-state index in [1.807, 2.05) is 6.26 Å². The molecule has 0 bridgehead atoms. The molecule has 5 N–H and O–H groups in total. The van der Waals surface area contributed by atoms with Crippen LogP contribution in [0.2, 0.25) is 0 Å². The van der Waals surface area contributed by atoms with E-state index in [1.54, 1.807) is 23.9 Å². The van der Waals surface area contributed by atoms with Gasteiger partial charge in [0.2, 0.25) is 17.7 Å². The van der Waals surface area contributed by atoms with Crippen LogP contribution in [0.5, 0.6) is 5.75 Å². The van der Waals surface area contributed by atoms with Crippen molar-refractivity contribution in [3.05, 3.63) is 29.8 Å². The Bertz CT molecular complexity index is 1190. The van der Waals surface area contributed by atoms with E-state index in [0.717, 1.165) is 19.3 Å². The summed E-state index contributed by atoms with van der Waals surface area (Å²) in [6, 6.07) is 4.56. The quantitative estimate of drug-likeness (QED) is 0.0579. The number of phenolic OH excluding ortho intramolecular Hbond substituents is 1. The van der Waals surface area contributed by atoms with Crippen LogP contribution in [0.15, 0.2) is 24.3 Å². The van der Waals surface area contributed by atoms with Crippen molar-refractivity contribution < 1.29 is 33.9 Å². The first-order valence-corrected chi connectivity index (χ1v) is 20.6. The minimum absolute atomic E-state index is 0.0394. The van der Waals surface area contributed by atoms with Gasteiger partial charge in [0.25, 0.3) is 0 Å². The number of nitrogens with two attached hydrogens (primary N) is 1. The van der Waals surface area contributed by atoms with E-state index in [9.17, 15) is 33.9 Å². The van der Waals surface area contributed by atoms with Crippen LogP contribution in [0.3, 0.4) is 0 Å². The highest BCUT2D eigenvalue weighted by molar-refractivity contribution is 7.98. The average molecular weight is 732 g/mol. The van der Waals surface area contributed by atoms with E-state index < -0.39 is 29.8 Å². The number of aromatic hydroxyl groups is 1. The van der Waals surface area contributed by atoms with Crippen molar-refractivity contribution in [3.63, 3.8) is 0 Å². The second-order valence-electron chi connectivity index (χ2n) is 13.8. The van der Waals surface area contributed by atoms with E-state index in [2.05, 4.69) is 17.6 Å². The van der Waals surface area contributed by atoms with Crippen molar-refractivity contribution in [2.45, 2.75) is 161 Å². The van der Waals surface area contributed by atoms with Gasteiger partial charge in [-0.3, -0.25) is 28.8 Å². The van der Waals surface area contributed by atoms with Gasteiger partial charge in [0.1, 0.15) is 11.5 Å². The molecule has 10 nitrogen and oxygen atoms in total. The Hall–Kier alpha value is -3.21. The number of phenols is 1. The van der Waals surface area contributed by atoms with Gasteiger partial charge in [-0.25, -0.2) is 0 Å². The van der Waals surface area contributed by atoms with Crippen LogP contribution < -0.4 is 16.4 Å². The number of hydrogen-bond donors (Lipinski definition) is 4. The number of thioether (sulfide) groups is 1. The Morgan fingerprint density at radius 1 is 0.686 bits per heavy atom. The first-order valence-electron chi connectivity index (χ1n) is 19.2. The van der Waals surface area contributed by atoms with Crippen molar-refractivity contribution >= 4 is 46.8 Å². The number of unbranched alkanes of at least 4 members (excludes halogenated alkanes) is 12. The molecule has 1 aromatic rings. The van der Waals surface area contributed by atoms with Gasteiger partial charge in [0.15, 0.2) is 11.6 Å². The molecule has 0 aliphatic carbocycles. The normalized spacial score (nSPS) is 12.8. The summed E-state index contributed by atoms with van der Waals surface area (Å²) in [5, 5.41) is 15.3. The van der Waals surface area contributed by atoms with Crippen molar-refractivity contribution in [1.29, 1.82) is 0 Å². The maximum Gasteiger partial charge on any atom is 0.221 e. The van der Waals surface area contributed by atoms with E-state index >= 15 is 0 Å². The molecular weight excluding hydrogens is 667 g/mol. The number of rotatable bonds is 32. The van der Waals surface area contributed by atoms with Crippen LogP contribution in [-0.4, -0.2) is 64.3 Å². The van der Waals surface area contributed by atoms with Gasteiger partial charge in [-0.2, -0.15) is 11.8 Å². The molecule has 0 spiro atoms. The third-order valence-electron chi connectivity index (χ3n) is 9.30. The molecule has 3 atom stereocenters. The third-order valence-corrected chi connectivity index (χ3v) is 9.95. The molecule has 0 aromatic heterocycles. The van der Waals surface area contributed by atoms with Gasteiger partial charge in [0.05, 0.1) is 12.1 Å². The van der Waals surface area contributed by atoms with Crippen LogP contribution in [-0.2, 0) is 35.2 Å². The van der Waals surface area contributed by atoms with Crippen molar-refractivity contribution in [2.24, 2.45) is 11.7 Å². The number of carbonyl (C=O) groups excluding carboxylic acids is 6. The molecule has 0 aliphatic rings. The van der Waals surface area contributed by atoms with Crippen molar-refractivity contribution in [2.75, 3.05) is 12.0 Å². The highest BCUT2D eigenvalue weighted by atomic mass is 32.2. The zero-order chi connectivity index (χ0) is 37.9. The Morgan fingerprint density at radius 2 is 1.22 bits per heavy atom. The SMILES string of the molecule is CCCCCCCCCCCCCCCC(=O)N[C@@H](CCSC)C(=O)CCC(=O)N[C@@H](Cc1ccc(O)cc1)C(=O)C[C@@H](CCC(N)=O)C(C)=O. The van der Waals surface area contributed by atoms with Crippen LogP contribution in [0, 0.1) is 5.92 Å². The molecule has 0 unspecified atom stereocenters. The van der Waals surface area contributed by atoms with Gasteiger partial charge in [-0.15, -0.1) is 0 Å². The first kappa shape index (κ1) is 45.8. The lowest BCUT2D eigenvalue weighted by Gasteiger charge is -2.21. The molecule has 0 saturated carbocycles. The second kappa shape index (κ2) is 28.4. The number of carbonyl (C=O) groups is 6. The average Bonchev–Trinajstić information content (AvgIpc) is 3.09. The first-order chi connectivity index (χ1) is 24.5. The molecule has 3 amide bonds.